The maximum Gasteiger partial charge on any atom is 0.573 e. The van der Waals surface area contributed by atoms with Crippen LogP contribution in [0.3, 0.4) is 0 Å². The van der Waals surface area contributed by atoms with Crippen LogP contribution >= 0.6 is 0 Å². The molecule has 1 aliphatic rings. The molecule has 0 aliphatic carbocycles. The molecule has 2 aromatic heterocycles. The monoisotopic (exact) mass is 392 g/mol. The number of anilines is 1. The molecule has 1 aliphatic heterocycles. The Bertz CT molecular complexity index is 948. The van der Waals surface area contributed by atoms with Crippen LogP contribution in [0.5, 0.6) is 11.5 Å². The summed E-state index contributed by atoms with van der Waals surface area (Å²) < 4.78 is 48.3. The first-order valence-electron chi connectivity index (χ1n) is 8.96. The molecule has 0 amide bonds. The van der Waals surface area contributed by atoms with Crippen molar-refractivity contribution in [3.8, 4) is 11.5 Å². The maximum absolute atomic E-state index is 12.2. The predicted molar refractivity (Wildman–Crippen MR) is 96.7 cm³/mol. The molecule has 0 bridgehead atoms. The molecular weight excluding hydrogens is 373 g/mol. The van der Waals surface area contributed by atoms with Crippen molar-refractivity contribution in [1.29, 1.82) is 0 Å². The molecule has 1 saturated heterocycles. The minimum atomic E-state index is -4.69. The Morgan fingerprint density at radius 2 is 1.75 bits per heavy atom. The van der Waals surface area contributed by atoms with Crippen LogP contribution in [0.25, 0.3) is 5.52 Å². The third-order valence-electron chi connectivity index (χ3n) is 4.59. The van der Waals surface area contributed by atoms with Gasteiger partial charge in [-0.05, 0) is 37.3 Å². The number of piperidine rings is 1. The lowest BCUT2D eigenvalue weighted by Crippen LogP contribution is -2.38. The minimum absolute atomic E-state index is 0.00276. The third-order valence-corrected chi connectivity index (χ3v) is 4.59. The fourth-order valence-corrected chi connectivity index (χ4v) is 3.37. The van der Waals surface area contributed by atoms with Crippen molar-refractivity contribution >= 4 is 11.3 Å². The average molecular weight is 392 g/mol. The summed E-state index contributed by atoms with van der Waals surface area (Å²) in [5, 5.41) is 4.41. The van der Waals surface area contributed by atoms with Crippen LogP contribution < -0.4 is 14.4 Å². The van der Waals surface area contributed by atoms with E-state index in [2.05, 4.69) is 19.7 Å². The Morgan fingerprint density at radius 1 is 1.07 bits per heavy atom. The van der Waals surface area contributed by atoms with Gasteiger partial charge in [-0.3, -0.25) is 0 Å². The first kappa shape index (κ1) is 18.4. The van der Waals surface area contributed by atoms with Gasteiger partial charge in [-0.1, -0.05) is 0 Å². The van der Waals surface area contributed by atoms with Gasteiger partial charge < -0.3 is 14.4 Å². The summed E-state index contributed by atoms with van der Waals surface area (Å²) in [5.74, 6) is 1.17. The number of aryl methyl sites for hydroxylation is 1. The SMILES string of the molecule is Cc1cc2c(N3CCC(Oc4ccc(OC(F)(F)F)cc4)CC3)nccn2n1. The summed E-state index contributed by atoms with van der Waals surface area (Å²) >= 11 is 0. The Morgan fingerprint density at radius 3 is 2.43 bits per heavy atom. The molecule has 1 fully saturated rings. The lowest BCUT2D eigenvalue weighted by atomic mass is 10.1. The second-order valence-corrected chi connectivity index (χ2v) is 6.69. The van der Waals surface area contributed by atoms with E-state index in [9.17, 15) is 13.2 Å². The second-order valence-electron chi connectivity index (χ2n) is 6.69. The van der Waals surface area contributed by atoms with Gasteiger partial charge >= 0.3 is 6.36 Å². The molecule has 3 heterocycles. The molecule has 28 heavy (non-hydrogen) atoms. The van der Waals surface area contributed by atoms with E-state index in [1.165, 1.54) is 24.3 Å². The van der Waals surface area contributed by atoms with Gasteiger partial charge in [0.25, 0.3) is 0 Å². The van der Waals surface area contributed by atoms with Crippen molar-refractivity contribution in [2.45, 2.75) is 32.2 Å². The third kappa shape index (κ3) is 4.13. The van der Waals surface area contributed by atoms with E-state index in [0.29, 0.717) is 5.75 Å². The minimum Gasteiger partial charge on any atom is -0.490 e. The molecule has 3 aromatic rings. The summed E-state index contributed by atoms with van der Waals surface area (Å²) in [7, 11) is 0. The van der Waals surface area contributed by atoms with Gasteiger partial charge in [0.2, 0.25) is 0 Å². The van der Waals surface area contributed by atoms with E-state index < -0.39 is 6.36 Å². The number of halogens is 3. The maximum atomic E-state index is 12.2. The molecule has 0 spiro atoms. The number of hydrogen-bond acceptors (Lipinski definition) is 5. The highest BCUT2D eigenvalue weighted by Gasteiger charge is 2.31. The number of fused-ring (bicyclic) bond motifs is 1. The Hall–Kier alpha value is -2.97. The smallest absolute Gasteiger partial charge is 0.490 e. The first-order valence-corrected chi connectivity index (χ1v) is 8.96. The van der Waals surface area contributed by atoms with E-state index >= 15 is 0 Å². The molecule has 6 nitrogen and oxygen atoms in total. The van der Waals surface area contributed by atoms with Crippen LogP contribution in [0, 0.1) is 6.92 Å². The lowest BCUT2D eigenvalue weighted by Gasteiger charge is -2.33. The van der Waals surface area contributed by atoms with Crippen LogP contribution in [0.15, 0.2) is 42.7 Å². The molecule has 0 atom stereocenters. The summed E-state index contributed by atoms with van der Waals surface area (Å²) in [6.07, 6.45) is 0.445. The number of nitrogens with zero attached hydrogens (tertiary/aromatic N) is 4. The second kappa shape index (κ2) is 7.21. The van der Waals surface area contributed by atoms with E-state index in [4.69, 9.17) is 4.74 Å². The number of ether oxygens (including phenoxy) is 2. The van der Waals surface area contributed by atoms with Gasteiger partial charge in [0.05, 0.1) is 5.69 Å². The normalized spacial score (nSPS) is 15.8. The van der Waals surface area contributed by atoms with Crippen LogP contribution in [-0.4, -0.2) is 40.2 Å². The van der Waals surface area contributed by atoms with Crippen molar-refractivity contribution in [2.24, 2.45) is 0 Å². The topological polar surface area (TPSA) is 51.9 Å². The number of rotatable bonds is 4. The van der Waals surface area contributed by atoms with Crippen molar-refractivity contribution in [3.05, 3.63) is 48.4 Å². The summed E-state index contributed by atoms with van der Waals surface area (Å²) in [4.78, 5) is 6.72. The van der Waals surface area contributed by atoms with E-state index in [0.717, 1.165) is 43.0 Å². The zero-order valence-electron chi connectivity index (χ0n) is 15.2. The molecule has 1 aromatic carbocycles. The van der Waals surface area contributed by atoms with Crippen LogP contribution in [-0.2, 0) is 0 Å². The van der Waals surface area contributed by atoms with E-state index in [-0.39, 0.29) is 11.9 Å². The van der Waals surface area contributed by atoms with E-state index in [1.807, 2.05) is 23.7 Å². The molecule has 4 rings (SSSR count). The molecular formula is C19H19F3N4O2. The van der Waals surface area contributed by atoms with Gasteiger partial charge in [0.1, 0.15) is 23.1 Å². The molecule has 0 unspecified atom stereocenters. The molecule has 148 valence electrons. The molecule has 0 saturated carbocycles. The van der Waals surface area contributed by atoms with Crippen molar-refractivity contribution in [2.75, 3.05) is 18.0 Å². The fraction of sp³-hybridized carbons (Fsp3) is 0.368. The number of aromatic nitrogens is 3. The standard InChI is InChI=1S/C19H19F3N4O2/c1-13-12-17-18(23-8-11-26(17)24-13)25-9-6-15(7-10-25)27-14-2-4-16(5-3-14)28-19(20,21)22/h2-5,8,11-12,15H,6-7,9-10H2,1H3. The predicted octanol–water partition coefficient (Wildman–Crippen LogP) is 3.98. The summed E-state index contributed by atoms with van der Waals surface area (Å²) in [5.41, 5.74) is 1.91. The number of hydrogen-bond donors (Lipinski definition) is 0. The zero-order chi connectivity index (χ0) is 19.7. The number of benzene rings is 1. The van der Waals surface area contributed by atoms with Gasteiger partial charge in [-0.25, -0.2) is 9.50 Å². The fourth-order valence-electron chi connectivity index (χ4n) is 3.37. The Balaban J connectivity index is 1.36. The summed E-state index contributed by atoms with van der Waals surface area (Å²) in [6.45, 7) is 3.50. The van der Waals surface area contributed by atoms with Crippen molar-refractivity contribution in [1.82, 2.24) is 14.6 Å². The quantitative estimate of drug-likeness (QED) is 0.672. The highest BCUT2D eigenvalue weighted by atomic mass is 19.4. The molecule has 0 N–H and O–H groups in total. The molecule has 9 heteroatoms. The van der Waals surface area contributed by atoms with Crippen molar-refractivity contribution in [3.63, 3.8) is 0 Å². The van der Waals surface area contributed by atoms with E-state index in [1.54, 1.807) is 6.20 Å². The van der Waals surface area contributed by atoms with Gasteiger partial charge in [-0.2, -0.15) is 5.10 Å². The first-order chi connectivity index (χ1) is 13.4. The van der Waals surface area contributed by atoms with Crippen LogP contribution in [0.4, 0.5) is 19.0 Å². The average Bonchev–Trinajstić information content (AvgIpc) is 3.03. The zero-order valence-corrected chi connectivity index (χ0v) is 15.2. The Kier molecular flexibility index (Phi) is 4.74. The largest absolute Gasteiger partial charge is 0.573 e. The van der Waals surface area contributed by atoms with Crippen molar-refractivity contribution < 1.29 is 22.6 Å². The highest BCUT2D eigenvalue weighted by molar-refractivity contribution is 5.69. The van der Waals surface area contributed by atoms with Gasteiger partial charge in [0.15, 0.2) is 5.82 Å². The van der Waals surface area contributed by atoms with Crippen LogP contribution in [0.1, 0.15) is 18.5 Å². The van der Waals surface area contributed by atoms with Gasteiger partial charge in [0, 0.05) is 38.3 Å². The highest BCUT2D eigenvalue weighted by Crippen LogP contribution is 2.28. The number of alkyl halides is 3. The summed E-state index contributed by atoms with van der Waals surface area (Å²) in [6, 6.07) is 7.50. The van der Waals surface area contributed by atoms with Crippen LogP contribution in [0.2, 0.25) is 0 Å². The lowest BCUT2D eigenvalue weighted by molar-refractivity contribution is -0.274. The Labute approximate surface area is 159 Å². The molecule has 0 radical (unpaired) electrons. The van der Waals surface area contributed by atoms with Gasteiger partial charge in [-0.15, -0.1) is 13.2 Å².